The highest BCUT2D eigenvalue weighted by molar-refractivity contribution is 7.47. The molecule has 9 heteroatoms. The van der Waals surface area contributed by atoms with Gasteiger partial charge >= 0.3 is 7.82 Å². The Bertz CT molecular complexity index is 729. The number of rotatable bonds is 28. The molecule has 3 unspecified atom stereocenters. The highest BCUT2D eigenvalue weighted by atomic mass is 31.2. The SMILES string of the molecule is CCCCC/C=C\CCCCCCCC(=O)NC(COP(=O)(O)OCCN)C(O)/C=C/CC/C=C/CCCCC. The number of aliphatic hydroxyl groups is 1. The van der Waals surface area contributed by atoms with Crippen molar-refractivity contribution in [1.29, 1.82) is 0 Å². The molecule has 0 heterocycles. The number of unbranched alkanes of at least 4 members (excludes halogenated alkanes) is 12. The molecule has 0 aliphatic rings. The van der Waals surface area contributed by atoms with E-state index in [2.05, 4.69) is 43.5 Å². The molecule has 0 aliphatic heterocycles. The Morgan fingerprint density at radius 2 is 1.32 bits per heavy atom. The number of nitrogens with one attached hydrogen (secondary N) is 1. The summed E-state index contributed by atoms with van der Waals surface area (Å²) < 4.78 is 21.8. The van der Waals surface area contributed by atoms with Crippen molar-refractivity contribution in [2.24, 2.45) is 5.73 Å². The van der Waals surface area contributed by atoms with Crippen LogP contribution in [0.5, 0.6) is 0 Å². The minimum Gasteiger partial charge on any atom is -0.387 e. The first-order valence-electron chi connectivity index (χ1n) is 15.6. The third-order valence-corrected chi connectivity index (χ3v) is 7.42. The van der Waals surface area contributed by atoms with Gasteiger partial charge in [-0.2, -0.15) is 0 Å². The molecule has 40 heavy (non-hydrogen) atoms. The van der Waals surface area contributed by atoms with Gasteiger partial charge in [0.2, 0.25) is 5.91 Å². The topological polar surface area (TPSA) is 131 Å². The Morgan fingerprint density at radius 1 is 0.800 bits per heavy atom. The molecule has 0 saturated carbocycles. The molecule has 0 aromatic heterocycles. The Hall–Kier alpha value is -1.28. The lowest BCUT2D eigenvalue weighted by Crippen LogP contribution is -2.45. The highest BCUT2D eigenvalue weighted by Crippen LogP contribution is 2.43. The van der Waals surface area contributed by atoms with Crippen LogP contribution in [-0.4, -0.2) is 47.8 Å². The lowest BCUT2D eigenvalue weighted by atomic mass is 10.1. The van der Waals surface area contributed by atoms with E-state index >= 15 is 0 Å². The summed E-state index contributed by atoms with van der Waals surface area (Å²) in [6.45, 7) is 3.98. The number of aliphatic hydroxyl groups excluding tert-OH is 1. The Morgan fingerprint density at radius 3 is 1.93 bits per heavy atom. The van der Waals surface area contributed by atoms with Crippen LogP contribution in [-0.2, 0) is 18.4 Å². The first kappa shape index (κ1) is 38.7. The number of hydrogen-bond acceptors (Lipinski definition) is 6. The van der Waals surface area contributed by atoms with Crippen LogP contribution in [0.25, 0.3) is 0 Å². The van der Waals surface area contributed by atoms with Crippen molar-refractivity contribution in [3.63, 3.8) is 0 Å². The first-order valence-corrected chi connectivity index (χ1v) is 17.1. The average Bonchev–Trinajstić information content (AvgIpc) is 2.93. The second-order valence-electron chi connectivity index (χ2n) is 10.3. The van der Waals surface area contributed by atoms with Gasteiger partial charge in [-0.1, -0.05) is 95.2 Å². The summed E-state index contributed by atoms with van der Waals surface area (Å²) in [5.41, 5.74) is 5.32. The van der Waals surface area contributed by atoms with Crippen LogP contribution in [0.15, 0.2) is 36.5 Å². The molecule has 8 nitrogen and oxygen atoms in total. The largest absolute Gasteiger partial charge is 0.472 e. The van der Waals surface area contributed by atoms with Gasteiger partial charge < -0.3 is 21.1 Å². The fraction of sp³-hybridized carbons (Fsp3) is 0.774. The molecule has 0 rings (SSSR count). The molecule has 3 atom stereocenters. The molecule has 0 aliphatic carbocycles. The van der Waals surface area contributed by atoms with Gasteiger partial charge in [-0.15, -0.1) is 0 Å². The molecule has 0 spiro atoms. The van der Waals surface area contributed by atoms with Crippen molar-refractivity contribution < 1.29 is 28.4 Å². The summed E-state index contributed by atoms with van der Waals surface area (Å²) in [4.78, 5) is 22.4. The number of amides is 1. The van der Waals surface area contributed by atoms with Crippen molar-refractivity contribution in [3.8, 4) is 0 Å². The van der Waals surface area contributed by atoms with Gasteiger partial charge in [0.1, 0.15) is 0 Å². The maximum absolute atomic E-state index is 12.6. The standard InChI is InChI=1S/C31H59N2O6P/c1-3-5-7-9-11-13-14-15-17-19-21-23-25-31(35)33-29(28-39-40(36,37)38-27-26-32)30(34)24-22-20-18-16-12-10-8-6-4-2/h11-13,16,22,24,29-30,34H,3-10,14-15,17-21,23,25-28,32H2,1-2H3,(H,33,35)(H,36,37)/b13-11-,16-12+,24-22+. The van der Waals surface area contributed by atoms with E-state index in [9.17, 15) is 19.4 Å². The number of nitrogens with two attached hydrogens (primary N) is 1. The number of carbonyl (C=O) groups excluding carboxylic acids is 1. The zero-order valence-corrected chi connectivity index (χ0v) is 26.2. The first-order chi connectivity index (χ1) is 19.4. The quantitative estimate of drug-likeness (QED) is 0.0431. The monoisotopic (exact) mass is 586 g/mol. The van der Waals surface area contributed by atoms with Crippen LogP contribution in [0.1, 0.15) is 123 Å². The summed E-state index contributed by atoms with van der Waals surface area (Å²) in [6, 6.07) is -0.876. The zero-order valence-electron chi connectivity index (χ0n) is 25.3. The van der Waals surface area contributed by atoms with Crippen LogP contribution in [0.2, 0.25) is 0 Å². The molecule has 5 N–H and O–H groups in total. The van der Waals surface area contributed by atoms with E-state index < -0.39 is 20.0 Å². The van der Waals surface area contributed by atoms with E-state index in [1.165, 1.54) is 44.9 Å². The van der Waals surface area contributed by atoms with Crippen LogP contribution < -0.4 is 11.1 Å². The van der Waals surface area contributed by atoms with Gasteiger partial charge in [0.15, 0.2) is 0 Å². The van der Waals surface area contributed by atoms with Gasteiger partial charge in [-0.05, 0) is 57.8 Å². The minimum atomic E-state index is -4.33. The normalized spacial score (nSPS) is 15.2. The zero-order chi connectivity index (χ0) is 29.7. The predicted molar refractivity (Wildman–Crippen MR) is 166 cm³/mol. The van der Waals surface area contributed by atoms with Gasteiger partial charge in [-0.3, -0.25) is 13.8 Å². The van der Waals surface area contributed by atoms with E-state index in [0.29, 0.717) is 6.42 Å². The molecule has 0 bridgehead atoms. The molecule has 0 saturated heterocycles. The lowest BCUT2D eigenvalue weighted by molar-refractivity contribution is -0.123. The van der Waals surface area contributed by atoms with Crippen molar-refractivity contribution >= 4 is 13.7 Å². The highest BCUT2D eigenvalue weighted by Gasteiger charge is 2.26. The maximum atomic E-state index is 12.6. The van der Waals surface area contributed by atoms with Gasteiger partial charge in [0, 0.05) is 13.0 Å². The minimum absolute atomic E-state index is 0.0717. The lowest BCUT2D eigenvalue weighted by Gasteiger charge is -2.23. The van der Waals surface area contributed by atoms with Crippen molar-refractivity contribution in [2.45, 2.75) is 135 Å². The average molecular weight is 587 g/mol. The molecular weight excluding hydrogens is 527 g/mol. The number of allylic oxidation sites excluding steroid dienone is 5. The van der Waals surface area contributed by atoms with E-state index in [1.807, 2.05) is 6.08 Å². The van der Waals surface area contributed by atoms with Crippen LogP contribution in [0.4, 0.5) is 0 Å². The second-order valence-corrected chi connectivity index (χ2v) is 11.8. The summed E-state index contributed by atoms with van der Waals surface area (Å²) in [5, 5.41) is 13.4. The van der Waals surface area contributed by atoms with E-state index in [4.69, 9.17) is 14.8 Å². The Labute approximate surface area is 244 Å². The molecule has 0 aromatic rings. The number of hydrogen-bond donors (Lipinski definition) is 4. The fourth-order valence-electron chi connectivity index (χ4n) is 4.02. The van der Waals surface area contributed by atoms with E-state index in [1.54, 1.807) is 6.08 Å². The molecule has 0 aromatic carbocycles. The van der Waals surface area contributed by atoms with Crippen molar-refractivity contribution in [1.82, 2.24) is 5.32 Å². The van der Waals surface area contributed by atoms with Gasteiger partial charge in [-0.25, -0.2) is 4.57 Å². The van der Waals surface area contributed by atoms with Crippen molar-refractivity contribution in [3.05, 3.63) is 36.5 Å². The summed E-state index contributed by atoms with van der Waals surface area (Å²) in [7, 11) is -4.33. The second kappa shape index (κ2) is 27.9. The maximum Gasteiger partial charge on any atom is 0.472 e. The Balaban J connectivity index is 4.50. The van der Waals surface area contributed by atoms with Gasteiger partial charge in [0.05, 0.1) is 25.4 Å². The molecular formula is C31H59N2O6P. The number of phosphoric acid groups is 1. The van der Waals surface area contributed by atoms with Crippen LogP contribution in [0, 0.1) is 0 Å². The van der Waals surface area contributed by atoms with Crippen LogP contribution >= 0.6 is 7.82 Å². The third kappa shape index (κ3) is 25.7. The smallest absolute Gasteiger partial charge is 0.387 e. The number of carbonyl (C=O) groups is 1. The van der Waals surface area contributed by atoms with Gasteiger partial charge in [0.25, 0.3) is 0 Å². The molecule has 1 amide bonds. The molecule has 0 fully saturated rings. The van der Waals surface area contributed by atoms with E-state index in [0.717, 1.165) is 57.8 Å². The molecule has 0 radical (unpaired) electrons. The predicted octanol–water partition coefficient (Wildman–Crippen LogP) is 7.26. The fourth-order valence-corrected chi connectivity index (χ4v) is 4.78. The summed E-state index contributed by atoms with van der Waals surface area (Å²) >= 11 is 0. The number of phosphoric ester groups is 1. The Kier molecular flexibility index (Phi) is 27.0. The van der Waals surface area contributed by atoms with Crippen molar-refractivity contribution in [2.75, 3.05) is 19.8 Å². The molecule has 234 valence electrons. The summed E-state index contributed by atoms with van der Waals surface area (Å²) in [5.74, 6) is -0.221. The summed E-state index contributed by atoms with van der Waals surface area (Å²) in [6.07, 6.45) is 29.1. The van der Waals surface area contributed by atoms with Crippen LogP contribution in [0.3, 0.4) is 0 Å². The van der Waals surface area contributed by atoms with E-state index in [-0.39, 0.29) is 25.7 Å². The third-order valence-electron chi connectivity index (χ3n) is 6.44.